The highest BCUT2D eigenvalue weighted by molar-refractivity contribution is 6.73. The molecule has 0 N–H and O–H groups in total. The normalized spacial score (nSPS) is 15.4. The summed E-state index contributed by atoms with van der Waals surface area (Å²) in [7, 11) is -1.47. The molecule has 0 aromatic heterocycles. The third-order valence-electron chi connectivity index (χ3n) is 4.38. The standard InChI is InChI=1S/C16H34OSi/c1-7-12-14-15(6)16(13-8-2)17-18(9-3,10-4)11-5/h8,15-16H,2,7,9-14H2,1,3-6H3/t15-,16-/m0/s1. The fraction of sp³-hybridized carbons (Fsp3) is 0.875. The second-order valence-electron chi connectivity index (χ2n) is 5.54. The minimum Gasteiger partial charge on any atom is -0.413 e. The molecule has 108 valence electrons. The maximum absolute atomic E-state index is 6.65. The van der Waals surface area contributed by atoms with E-state index in [2.05, 4.69) is 41.2 Å². The van der Waals surface area contributed by atoms with Crippen LogP contribution in [0.5, 0.6) is 0 Å². The number of rotatable bonds is 11. The summed E-state index contributed by atoms with van der Waals surface area (Å²) in [5.74, 6) is 0.666. The lowest BCUT2D eigenvalue weighted by Gasteiger charge is -2.35. The van der Waals surface area contributed by atoms with Gasteiger partial charge in [-0.3, -0.25) is 0 Å². The molecule has 0 amide bonds. The van der Waals surface area contributed by atoms with E-state index >= 15 is 0 Å². The molecule has 18 heavy (non-hydrogen) atoms. The minimum absolute atomic E-state index is 0.403. The predicted octanol–water partition coefficient (Wildman–Crippen LogP) is 5.78. The van der Waals surface area contributed by atoms with E-state index in [1.807, 2.05) is 6.08 Å². The Labute approximate surface area is 116 Å². The van der Waals surface area contributed by atoms with Crippen LogP contribution in [-0.4, -0.2) is 14.4 Å². The molecule has 2 atom stereocenters. The Balaban J connectivity index is 4.62. The fourth-order valence-corrected chi connectivity index (χ4v) is 5.56. The first-order chi connectivity index (χ1) is 8.59. The van der Waals surface area contributed by atoms with E-state index in [-0.39, 0.29) is 0 Å². The van der Waals surface area contributed by atoms with Gasteiger partial charge in [-0.15, -0.1) is 6.58 Å². The van der Waals surface area contributed by atoms with Crippen molar-refractivity contribution in [3.63, 3.8) is 0 Å². The van der Waals surface area contributed by atoms with Gasteiger partial charge in [0.25, 0.3) is 0 Å². The van der Waals surface area contributed by atoms with Crippen molar-refractivity contribution >= 4 is 8.32 Å². The average Bonchev–Trinajstić information content (AvgIpc) is 2.41. The maximum Gasteiger partial charge on any atom is 0.192 e. The van der Waals surface area contributed by atoms with Crippen LogP contribution in [0, 0.1) is 5.92 Å². The molecular weight excluding hydrogens is 236 g/mol. The van der Waals surface area contributed by atoms with Gasteiger partial charge in [0.1, 0.15) is 0 Å². The van der Waals surface area contributed by atoms with E-state index in [1.165, 1.54) is 37.4 Å². The molecule has 1 nitrogen and oxygen atoms in total. The summed E-state index contributed by atoms with van der Waals surface area (Å²) in [4.78, 5) is 0. The zero-order valence-corrected chi connectivity index (χ0v) is 14.3. The summed E-state index contributed by atoms with van der Waals surface area (Å²) in [6, 6.07) is 3.73. The fourth-order valence-electron chi connectivity index (χ4n) is 2.59. The van der Waals surface area contributed by atoms with Crippen molar-refractivity contribution in [2.24, 2.45) is 5.92 Å². The molecule has 0 spiro atoms. The Bertz CT molecular complexity index is 203. The van der Waals surface area contributed by atoms with Crippen molar-refractivity contribution in [1.82, 2.24) is 0 Å². The first-order valence-corrected chi connectivity index (χ1v) is 10.4. The quantitative estimate of drug-likeness (QED) is 0.341. The summed E-state index contributed by atoms with van der Waals surface area (Å²) in [5.41, 5.74) is 0. The van der Waals surface area contributed by atoms with Crippen molar-refractivity contribution in [3.8, 4) is 0 Å². The number of hydrogen-bond donors (Lipinski definition) is 0. The highest BCUT2D eigenvalue weighted by Crippen LogP contribution is 2.28. The predicted molar refractivity (Wildman–Crippen MR) is 85.6 cm³/mol. The van der Waals surface area contributed by atoms with Gasteiger partial charge >= 0.3 is 0 Å². The Morgan fingerprint density at radius 1 is 1.11 bits per heavy atom. The van der Waals surface area contributed by atoms with Gasteiger partial charge in [-0.2, -0.15) is 0 Å². The van der Waals surface area contributed by atoms with Gasteiger partial charge in [-0.1, -0.05) is 53.5 Å². The second kappa shape index (κ2) is 9.80. The zero-order chi connectivity index (χ0) is 14.0. The Kier molecular flexibility index (Phi) is 9.75. The molecule has 0 aliphatic rings. The van der Waals surface area contributed by atoms with Gasteiger partial charge < -0.3 is 4.43 Å². The summed E-state index contributed by atoms with van der Waals surface area (Å²) < 4.78 is 6.65. The highest BCUT2D eigenvalue weighted by atomic mass is 28.4. The SMILES string of the molecule is C=CC[C@H](O[Si](CC)(CC)CC)[C@@H](C)CCCC. The van der Waals surface area contributed by atoms with Crippen LogP contribution in [0.15, 0.2) is 12.7 Å². The minimum atomic E-state index is -1.47. The summed E-state index contributed by atoms with van der Waals surface area (Å²) in [6.45, 7) is 15.4. The van der Waals surface area contributed by atoms with E-state index in [9.17, 15) is 0 Å². The van der Waals surface area contributed by atoms with Crippen molar-refractivity contribution in [2.45, 2.75) is 84.5 Å². The largest absolute Gasteiger partial charge is 0.413 e. The molecule has 0 radical (unpaired) electrons. The average molecular weight is 271 g/mol. The molecule has 0 aromatic rings. The molecule has 0 aliphatic carbocycles. The third-order valence-corrected chi connectivity index (χ3v) is 9.05. The zero-order valence-electron chi connectivity index (χ0n) is 13.3. The Morgan fingerprint density at radius 2 is 1.67 bits per heavy atom. The van der Waals surface area contributed by atoms with Gasteiger partial charge in [0.2, 0.25) is 0 Å². The third kappa shape index (κ3) is 5.70. The molecule has 0 aromatic carbocycles. The van der Waals surface area contributed by atoms with E-state index in [0.717, 1.165) is 6.42 Å². The van der Waals surface area contributed by atoms with E-state index in [4.69, 9.17) is 4.43 Å². The lowest BCUT2D eigenvalue weighted by molar-refractivity contribution is 0.125. The highest BCUT2D eigenvalue weighted by Gasteiger charge is 2.33. The van der Waals surface area contributed by atoms with Crippen LogP contribution in [0.25, 0.3) is 0 Å². The molecule has 0 unspecified atom stereocenters. The van der Waals surface area contributed by atoms with Gasteiger partial charge in [0.15, 0.2) is 8.32 Å². The molecule has 0 saturated heterocycles. The molecule has 0 saturated carbocycles. The van der Waals surface area contributed by atoms with Crippen LogP contribution in [0.4, 0.5) is 0 Å². The van der Waals surface area contributed by atoms with E-state index < -0.39 is 8.32 Å². The topological polar surface area (TPSA) is 9.23 Å². The summed E-state index contributed by atoms with van der Waals surface area (Å²) in [6.07, 6.45) is 7.34. The van der Waals surface area contributed by atoms with E-state index in [1.54, 1.807) is 0 Å². The number of hydrogen-bond acceptors (Lipinski definition) is 1. The van der Waals surface area contributed by atoms with Crippen molar-refractivity contribution in [3.05, 3.63) is 12.7 Å². The van der Waals surface area contributed by atoms with Gasteiger partial charge in [-0.05, 0) is 36.9 Å². The molecular formula is C16H34OSi. The van der Waals surface area contributed by atoms with Gasteiger partial charge in [-0.25, -0.2) is 0 Å². The first kappa shape index (κ1) is 17.9. The smallest absolute Gasteiger partial charge is 0.192 e. The molecule has 2 heteroatoms. The van der Waals surface area contributed by atoms with Crippen LogP contribution in [0.1, 0.15) is 60.3 Å². The Morgan fingerprint density at radius 3 is 2.06 bits per heavy atom. The van der Waals surface area contributed by atoms with Crippen LogP contribution >= 0.6 is 0 Å². The van der Waals surface area contributed by atoms with Gasteiger partial charge in [0.05, 0.1) is 6.10 Å². The Hall–Kier alpha value is -0.0831. The molecule has 0 rings (SSSR count). The van der Waals surface area contributed by atoms with Crippen LogP contribution in [0.3, 0.4) is 0 Å². The molecule has 0 fully saturated rings. The summed E-state index contributed by atoms with van der Waals surface area (Å²) in [5, 5.41) is 0. The van der Waals surface area contributed by atoms with Gasteiger partial charge in [0, 0.05) is 0 Å². The van der Waals surface area contributed by atoms with E-state index in [0.29, 0.717) is 12.0 Å². The van der Waals surface area contributed by atoms with Crippen LogP contribution in [-0.2, 0) is 4.43 Å². The lowest BCUT2D eigenvalue weighted by Crippen LogP contribution is -2.41. The van der Waals surface area contributed by atoms with Crippen molar-refractivity contribution in [1.29, 1.82) is 0 Å². The van der Waals surface area contributed by atoms with Crippen molar-refractivity contribution < 1.29 is 4.43 Å². The summed E-state index contributed by atoms with van der Waals surface area (Å²) >= 11 is 0. The van der Waals surface area contributed by atoms with Crippen LogP contribution < -0.4 is 0 Å². The first-order valence-electron chi connectivity index (χ1n) is 7.87. The number of unbranched alkanes of at least 4 members (excludes halogenated alkanes) is 1. The van der Waals surface area contributed by atoms with Crippen LogP contribution in [0.2, 0.25) is 18.1 Å². The lowest BCUT2D eigenvalue weighted by atomic mass is 9.96. The second-order valence-corrected chi connectivity index (χ2v) is 10.3. The monoisotopic (exact) mass is 270 g/mol. The van der Waals surface area contributed by atoms with Crippen molar-refractivity contribution in [2.75, 3.05) is 0 Å². The molecule has 0 heterocycles. The molecule has 0 aliphatic heterocycles. The maximum atomic E-state index is 6.65. The molecule has 0 bridgehead atoms.